The number of nitrogens with two attached hydrogens (primary N) is 1. The first kappa shape index (κ1) is 20.2. The number of nitrogens with zero attached hydrogens (tertiary/aromatic N) is 1. The molecule has 0 aliphatic carbocycles. The summed E-state index contributed by atoms with van der Waals surface area (Å²) < 4.78 is 10.5. The summed E-state index contributed by atoms with van der Waals surface area (Å²) in [6.45, 7) is 1.99. The monoisotopic (exact) mass is 371 g/mol. The maximum atomic E-state index is 11.9. The number of thiazole rings is 1. The molecule has 1 unspecified atom stereocenters. The van der Waals surface area contributed by atoms with Crippen LogP contribution < -0.4 is 20.5 Å². The molecule has 1 atom stereocenters. The van der Waals surface area contributed by atoms with Gasteiger partial charge < -0.3 is 20.5 Å². The van der Waals surface area contributed by atoms with Crippen molar-refractivity contribution >= 4 is 34.8 Å². The van der Waals surface area contributed by atoms with Crippen molar-refractivity contribution in [3.8, 4) is 22.8 Å². The fraction of sp³-hybridized carbons (Fsp3) is 0.375. The maximum Gasteiger partial charge on any atom is 0.243 e. The zero-order valence-corrected chi connectivity index (χ0v) is 15.5. The second-order valence-electron chi connectivity index (χ2n) is 4.99. The van der Waals surface area contributed by atoms with Gasteiger partial charge in [0.2, 0.25) is 5.91 Å². The molecule has 1 aromatic carbocycles. The predicted molar refractivity (Wildman–Crippen MR) is 99.4 cm³/mol. The van der Waals surface area contributed by atoms with Crippen molar-refractivity contribution in [1.82, 2.24) is 4.98 Å². The molecule has 0 aliphatic rings. The van der Waals surface area contributed by atoms with E-state index in [2.05, 4.69) is 10.3 Å². The largest absolute Gasteiger partial charge is 0.493 e. The molecular weight excluding hydrogens is 350 g/mol. The molecule has 0 bridgehead atoms. The summed E-state index contributed by atoms with van der Waals surface area (Å²) in [5.41, 5.74) is 7.44. The molecule has 132 valence electrons. The highest BCUT2D eigenvalue weighted by molar-refractivity contribution is 7.14. The number of hydrogen-bond donors (Lipinski definition) is 2. The van der Waals surface area contributed by atoms with Gasteiger partial charge in [-0.1, -0.05) is 13.3 Å². The number of ether oxygens (including phenoxy) is 2. The molecule has 0 saturated heterocycles. The van der Waals surface area contributed by atoms with Crippen LogP contribution in [0.25, 0.3) is 11.3 Å². The van der Waals surface area contributed by atoms with Crippen molar-refractivity contribution in [2.75, 3.05) is 19.5 Å². The van der Waals surface area contributed by atoms with Crippen LogP contribution in [0.3, 0.4) is 0 Å². The number of rotatable bonds is 7. The van der Waals surface area contributed by atoms with Gasteiger partial charge in [0.25, 0.3) is 0 Å². The van der Waals surface area contributed by atoms with E-state index in [1.54, 1.807) is 14.2 Å². The van der Waals surface area contributed by atoms with E-state index in [1.807, 2.05) is 30.5 Å². The molecular formula is C16H22ClN3O3S. The molecule has 0 saturated carbocycles. The van der Waals surface area contributed by atoms with Crippen LogP contribution in [-0.2, 0) is 4.79 Å². The Labute approximate surface area is 151 Å². The summed E-state index contributed by atoms with van der Waals surface area (Å²) in [6, 6.07) is 5.06. The highest BCUT2D eigenvalue weighted by atomic mass is 35.5. The normalized spacial score (nSPS) is 11.3. The first-order valence-electron chi connectivity index (χ1n) is 7.33. The van der Waals surface area contributed by atoms with Crippen molar-refractivity contribution in [3.63, 3.8) is 0 Å². The number of nitrogens with one attached hydrogen (secondary N) is 1. The molecule has 2 aromatic rings. The maximum absolute atomic E-state index is 11.9. The van der Waals surface area contributed by atoms with Crippen molar-refractivity contribution in [2.24, 2.45) is 5.73 Å². The van der Waals surface area contributed by atoms with Gasteiger partial charge in [0.05, 0.1) is 26.0 Å². The number of amides is 1. The highest BCUT2D eigenvalue weighted by Crippen LogP contribution is 2.33. The Hall–Kier alpha value is -1.83. The average Bonchev–Trinajstić information content (AvgIpc) is 3.02. The van der Waals surface area contributed by atoms with Crippen LogP contribution in [0.2, 0.25) is 0 Å². The Morgan fingerprint density at radius 3 is 2.67 bits per heavy atom. The van der Waals surface area contributed by atoms with Gasteiger partial charge in [0, 0.05) is 10.9 Å². The molecule has 8 heteroatoms. The Morgan fingerprint density at radius 1 is 1.33 bits per heavy atom. The number of methoxy groups -OCH3 is 2. The Kier molecular flexibility index (Phi) is 7.97. The molecule has 0 radical (unpaired) electrons. The molecule has 0 spiro atoms. The van der Waals surface area contributed by atoms with Gasteiger partial charge in [-0.3, -0.25) is 4.79 Å². The second-order valence-corrected chi connectivity index (χ2v) is 5.85. The topological polar surface area (TPSA) is 86.5 Å². The summed E-state index contributed by atoms with van der Waals surface area (Å²) in [7, 11) is 3.18. The van der Waals surface area contributed by atoms with E-state index >= 15 is 0 Å². The molecule has 1 amide bonds. The predicted octanol–water partition coefficient (Wildman–Crippen LogP) is 3.32. The van der Waals surface area contributed by atoms with Crippen molar-refractivity contribution in [3.05, 3.63) is 23.6 Å². The fourth-order valence-electron chi connectivity index (χ4n) is 2.10. The minimum atomic E-state index is -0.506. The molecule has 3 N–H and O–H groups in total. The van der Waals surface area contributed by atoms with Crippen molar-refractivity contribution < 1.29 is 14.3 Å². The number of aromatic nitrogens is 1. The van der Waals surface area contributed by atoms with Crippen LogP contribution in [-0.4, -0.2) is 31.2 Å². The van der Waals surface area contributed by atoms with Gasteiger partial charge in [0.15, 0.2) is 16.6 Å². The highest BCUT2D eigenvalue weighted by Gasteiger charge is 2.15. The number of halogens is 1. The lowest BCUT2D eigenvalue weighted by molar-refractivity contribution is -0.117. The van der Waals surface area contributed by atoms with Crippen LogP contribution in [0.4, 0.5) is 5.13 Å². The summed E-state index contributed by atoms with van der Waals surface area (Å²) in [6.07, 6.45) is 1.52. The van der Waals surface area contributed by atoms with E-state index in [0.29, 0.717) is 23.1 Å². The van der Waals surface area contributed by atoms with Gasteiger partial charge >= 0.3 is 0 Å². The number of carbonyl (C=O) groups excluding carboxylic acids is 1. The lowest BCUT2D eigenvalue weighted by Crippen LogP contribution is -2.35. The third-order valence-electron chi connectivity index (χ3n) is 3.35. The van der Waals surface area contributed by atoms with Gasteiger partial charge in [-0.05, 0) is 24.6 Å². The quantitative estimate of drug-likeness (QED) is 0.779. The Bertz CT molecular complexity index is 678. The van der Waals surface area contributed by atoms with Gasteiger partial charge in [0.1, 0.15) is 0 Å². The van der Waals surface area contributed by atoms with Crippen LogP contribution in [0, 0.1) is 0 Å². The minimum absolute atomic E-state index is 0. The average molecular weight is 372 g/mol. The SMILES string of the molecule is CCCC(N)C(=O)Nc1nc(-c2ccc(OC)c(OC)c2)cs1.Cl. The smallest absolute Gasteiger partial charge is 0.243 e. The third-order valence-corrected chi connectivity index (χ3v) is 4.11. The zero-order chi connectivity index (χ0) is 16.8. The summed E-state index contributed by atoms with van der Waals surface area (Å²) in [5.74, 6) is 1.08. The fourth-order valence-corrected chi connectivity index (χ4v) is 2.82. The molecule has 2 rings (SSSR count). The minimum Gasteiger partial charge on any atom is -0.493 e. The van der Waals surface area contributed by atoms with Gasteiger partial charge in [-0.15, -0.1) is 23.7 Å². The number of benzene rings is 1. The zero-order valence-electron chi connectivity index (χ0n) is 13.9. The van der Waals surface area contributed by atoms with Crippen LogP contribution >= 0.6 is 23.7 Å². The van der Waals surface area contributed by atoms with Gasteiger partial charge in [-0.2, -0.15) is 0 Å². The van der Waals surface area contributed by atoms with Crippen LogP contribution in [0.5, 0.6) is 11.5 Å². The van der Waals surface area contributed by atoms with E-state index < -0.39 is 6.04 Å². The van der Waals surface area contributed by atoms with E-state index in [-0.39, 0.29) is 18.3 Å². The lowest BCUT2D eigenvalue weighted by atomic mass is 10.1. The van der Waals surface area contributed by atoms with Crippen molar-refractivity contribution in [2.45, 2.75) is 25.8 Å². The molecule has 1 heterocycles. The molecule has 0 aliphatic heterocycles. The Balaban J connectivity index is 0.00000288. The first-order valence-corrected chi connectivity index (χ1v) is 8.21. The lowest BCUT2D eigenvalue weighted by Gasteiger charge is -2.09. The van der Waals surface area contributed by atoms with E-state index in [9.17, 15) is 4.79 Å². The molecule has 24 heavy (non-hydrogen) atoms. The Morgan fingerprint density at radius 2 is 2.04 bits per heavy atom. The van der Waals surface area contributed by atoms with Crippen molar-refractivity contribution in [1.29, 1.82) is 0 Å². The standard InChI is InChI=1S/C16H21N3O3S.ClH/c1-4-5-11(17)15(20)19-16-18-12(9-23-16)10-6-7-13(21-2)14(8-10)22-3;/h6-9,11H,4-5,17H2,1-3H3,(H,18,19,20);1H. The van der Waals surface area contributed by atoms with E-state index in [4.69, 9.17) is 15.2 Å². The summed E-state index contributed by atoms with van der Waals surface area (Å²) in [4.78, 5) is 16.4. The number of hydrogen-bond acceptors (Lipinski definition) is 6. The summed E-state index contributed by atoms with van der Waals surface area (Å²) >= 11 is 1.36. The second kappa shape index (κ2) is 9.46. The van der Waals surface area contributed by atoms with Crippen LogP contribution in [0.1, 0.15) is 19.8 Å². The van der Waals surface area contributed by atoms with E-state index in [1.165, 1.54) is 11.3 Å². The van der Waals surface area contributed by atoms with E-state index in [0.717, 1.165) is 17.7 Å². The number of anilines is 1. The third kappa shape index (κ3) is 4.83. The molecule has 6 nitrogen and oxygen atoms in total. The van der Waals surface area contributed by atoms with Crippen LogP contribution in [0.15, 0.2) is 23.6 Å². The molecule has 0 fully saturated rings. The summed E-state index contributed by atoms with van der Waals surface area (Å²) in [5, 5.41) is 5.17. The molecule has 1 aromatic heterocycles. The van der Waals surface area contributed by atoms with Gasteiger partial charge in [-0.25, -0.2) is 4.98 Å². The first-order chi connectivity index (χ1) is 11.1. The number of carbonyl (C=O) groups is 1.